The van der Waals surface area contributed by atoms with Crippen LogP contribution in [-0.2, 0) is 14.4 Å². The highest BCUT2D eigenvalue weighted by molar-refractivity contribution is 5.86. The summed E-state index contributed by atoms with van der Waals surface area (Å²) in [4.78, 5) is 38.7. The molecule has 1 amide bonds. The van der Waals surface area contributed by atoms with Gasteiger partial charge in [-0.05, 0) is 85.0 Å². The second-order valence-corrected chi connectivity index (χ2v) is 13.0. The lowest BCUT2D eigenvalue weighted by Crippen LogP contribution is -2.57. The lowest BCUT2D eigenvalue weighted by atomic mass is 9.44. The normalized spacial score (nSPS) is 40.3. The molecule has 9 atom stereocenters. The molecule has 4 aliphatic carbocycles. The molecule has 4 saturated carbocycles. The van der Waals surface area contributed by atoms with Crippen LogP contribution in [0.5, 0.6) is 0 Å². The maximum absolute atomic E-state index is 13.6. The van der Waals surface area contributed by atoms with Gasteiger partial charge < -0.3 is 5.32 Å². The predicted molar refractivity (Wildman–Crippen MR) is 137 cm³/mol. The topological polar surface area (TPSA) is 63.2 Å². The molecule has 1 N–H and O–H groups in total. The molecule has 5 rings (SSSR count). The number of carbonyl (C=O) groups excluding carboxylic acids is 3. The minimum absolute atomic E-state index is 0.00850. The molecule has 0 radical (unpaired) electrons. The van der Waals surface area contributed by atoms with E-state index in [0.29, 0.717) is 60.9 Å². The van der Waals surface area contributed by atoms with Crippen LogP contribution in [0.1, 0.15) is 97.1 Å². The summed E-state index contributed by atoms with van der Waals surface area (Å²) in [6, 6.07) is 10.1. The molecule has 35 heavy (non-hydrogen) atoms. The molecule has 0 saturated heterocycles. The fourth-order valence-corrected chi connectivity index (χ4v) is 9.26. The van der Waals surface area contributed by atoms with Crippen LogP contribution in [0.25, 0.3) is 0 Å². The van der Waals surface area contributed by atoms with Crippen molar-refractivity contribution in [2.24, 2.45) is 46.3 Å². The predicted octanol–water partition coefficient (Wildman–Crippen LogP) is 6.30. The Morgan fingerprint density at radius 2 is 1.69 bits per heavy atom. The maximum Gasteiger partial charge on any atom is 0.220 e. The van der Waals surface area contributed by atoms with Gasteiger partial charge in [-0.15, -0.1) is 0 Å². The number of nitrogens with one attached hydrogen (secondary N) is 1. The Bertz CT molecular complexity index is 988. The third kappa shape index (κ3) is 4.19. The van der Waals surface area contributed by atoms with Gasteiger partial charge in [0.1, 0.15) is 11.6 Å². The van der Waals surface area contributed by atoms with Crippen LogP contribution in [0.15, 0.2) is 30.3 Å². The Morgan fingerprint density at radius 1 is 0.971 bits per heavy atom. The molecule has 1 aromatic rings. The van der Waals surface area contributed by atoms with Gasteiger partial charge in [0.2, 0.25) is 5.91 Å². The molecular weight excluding hydrogens is 434 g/mol. The molecule has 4 fully saturated rings. The van der Waals surface area contributed by atoms with Crippen LogP contribution < -0.4 is 5.32 Å². The molecule has 4 heteroatoms. The highest BCUT2D eigenvalue weighted by atomic mass is 16.1. The second-order valence-electron chi connectivity index (χ2n) is 13.0. The first-order valence-electron chi connectivity index (χ1n) is 14.0. The minimum Gasteiger partial charge on any atom is -0.350 e. The Balaban J connectivity index is 1.27. The van der Waals surface area contributed by atoms with Gasteiger partial charge >= 0.3 is 0 Å². The summed E-state index contributed by atoms with van der Waals surface area (Å²) in [7, 11) is 0. The molecule has 0 aliphatic heterocycles. The van der Waals surface area contributed by atoms with Gasteiger partial charge in [0.05, 0.1) is 6.04 Å². The van der Waals surface area contributed by atoms with Crippen molar-refractivity contribution >= 4 is 17.5 Å². The fourth-order valence-electron chi connectivity index (χ4n) is 9.26. The number of Topliss-reactive ketones (excluding diaryl/α,β-unsaturated/α-hetero) is 2. The van der Waals surface area contributed by atoms with E-state index in [1.54, 1.807) is 0 Å². The van der Waals surface area contributed by atoms with Crippen molar-refractivity contribution in [3.05, 3.63) is 35.9 Å². The van der Waals surface area contributed by atoms with Crippen molar-refractivity contribution in [1.82, 2.24) is 5.32 Å². The summed E-state index contributed by atoms with van der Waals surface area (Å²) in [5.41, 5.74) is 1.41. The first kappa shape index (κ1) is 24.7. The van der Waals surface area contributed by atoms with Gasteiger partial charge in [0.25, 0.3) is 0 Å². The van der Waals surface area contributed by atoms with Crippen LogP contribution in [0.3, 0.4) is 0 Å². The van der Waals surface area contributed by atoms with Crippen LogP contribution >= 0.6 is 0 Å². The number of fused-ring (bicyclic) bond motifs is 5. The third-order valence-electron chi connectivity index (χ3n) is 11.2. The highest BCUT2D eigenvalue weighted by Crippen LogP contribution is 2.67. The Morgan fingerprint density at radius 3 is 2.43 bits per heavy atom. The summed E-state index contributed by atoms with van der Waals surface area (Å²) < 4.78 is 0. The lowest BCUT2D eigenvalue weighted by Gasteiger charge is -2.59. The molecule has 0 heterocycles. The quantitative estimate of drug-likeness (QED) is 0.541. The molecule has 190 valence electrons. The van der Waals surface area contributed by atoms with E-state index in [0.717, 1.165) is 37.7 Å². The molecule has 0 spiro atoms. The van der Waals surface area contributed by atoms with Crippen molar-refractivity contribution in [1.29, 1.82) is 0 Å². The van der Waals surface area contributed by atoms with E-state index in [9.17, 15) is 14.4 Å². The van der Waals surface area contributed by atoms with Crippen molar-refractivity contribution in [3.63, 3.8) is 0 Å². The molecule has 4 nitrogen and oxygen atoms in total. The SMILES string of the molecule is C[C@H](NC(=O)C[C@@H](C)C1CC[C@H]2[C@@H]3C(=O)C[C@@H]4CC(=O)CC[C@]4(C)[C@H]3CC[C@]12C)c1ccccc1. The molecular formula is C31H43NO3. The van der Waals surface area contributed by atoms with Crippen LogP contribution in [-0.4, -0.2) is 17.5 Å². The first-order valence-corrected chi connectivity index (χ1v) is 14.0. The maximum atomic E-state index is 13.6. The van der Waals surface area contributed by atoms with E-state index in [1.165, 1.54) is 0 Å². The summed E-state index contributed by atoms with van der Waals surface area (Å²) in [5.74, 6) is 2.99. The average molecular weight is 478 g/mol. The standard InChI is InChI=1S/C31H43NO3/c1-19(16-28(35)32-20(2)21-8-6-5-7-9-21)24-10-11-25-29-26(13-15-31(24,25)4)30(3)14-12-23(33)17-22(30)18-27(29)34/h5-9,19-20,22,24-26,29H,10-18H2,1-4H3,(H,32,35)/t19-,20+,22+,24?,25+,26+,29+,30+,31-/m1/s1. The Kier molecular flexibility index (Phi) is 6.47. The van der Waals surface area contributed by atoms with Gasteiger partial charge in [-0.3, -0.25) is 14.4 Å². The van der Waals surface area contributed by atoms with Gasteiger partial charge in [-0.2, -0.15) is 0 Å². The van der Waals surface area contributed by atoms with E-state index < -0.39 is 0 Å². The van der Waals surface area contributed by atoms with Gasteiger partial charge in [0.15, 0.2) is 0 Å². The highest BCUT2D eigenvalue weighted by Gasteiger charge is 2.63. The number of rotatable bonds is 5. The molecule has 1 aromatic carbocycles. The van der Waals surface area contributed by atoms with E-state index in [4.69, 9.17) is 0 Å². The van der Waals surface area contributed by atoms with Crippen molar-refractivity contribution in [3.8, 4) is 0 Å². The summed E-state index contributed by atoms with van der Waals surface area (Å²) in [5, 5.41) is 3.21. The Hall–Kier alpha value is -1.97. The molecule has 4 aliphatic rings. The molecule has 0 bridgehead atoms. The van der Waals surface area contributed by atoms with Gasteiger partial charge in [-0.25, -0.2) is 0 Å². The number of hydrogen-bond donors (Lipinski definition) is 1. The van der Waals surface area contributed by atoms with Crippen molar-refractivity contribution < 1.29 is 14.4 Å². The second kappa shape index (κ2) is 9.16. The molecule has 0 aromatic heterocycles. The average Bonchev–Trinajstić information content (AvgIpc) is 3.18. The van der Waals surface area contributed by atoms with Crippen molar-refractivity contribution in [2.75, 3.05) is 0 Å². The third-order valence-corrected chi connectivity index (χ3v) is 11.2. The van der Waals surface area contributed by atoms with Gasteiger partial charge in [-0.1, -0.05) is 51.1 Å². The van der Waals surface area contributed by atoms with Crippen LogP contribution in [0, 0.1) is 46.3 Å². The number of ketones is 2. The number of amides is 1. The smallest absolute Gasteiger partial charge is 0.220 e. The lowest BCUT2D eigenvalue weighted by molar-refractivity contribution is -0.159. The zero-order chi connectivity index (χ0) is 25.0. The molecule has 1 unspecified atom stereocenters. The summed E-state index contributed by atoms with van der Waals surface area (Å²) in [6.45, 7) is 9.13. The van der Waals surface area contributed by atoms with Crippen molar-refractivity contribution in [2.45, 2.75) is 91.5 Å². The van der Waals surface area contributed by atoms with Crippen LogP contribution in [0.2, 0.25) is 0 Å². The zero-order valence-corrected chi connectivity index (χ0v) is 22.0. The van der Waals surface area contributed by atoms with E-state index in [1.807, 2.05) is 25.1 Å². The fraction of sp³-hybridized carbons (Fsp3) is 0.710. The number of carbonyl (C=O) groups is 3. The van der Waals surface area contributed by atoms with E-state index in [2.05, 4.69) is 38.2 Å². The number of benzene rings is 1. The first-order chi connectivity index (χ1) is 16.6. The minimum atomic E-state index is 0.00850. The largest absolute Gasteiger partial charge is 0.350 e. The summed E-state index contributed by atoms with van der Waals surface area (Å²) in [6.07, 6.45) is 7.92. The van der Waals surface area contributed by atoms with E-state index >= 15 is 0 Å². The summed E-state index contributed by atoms with van der Waals surface area (Å²) >= 11 is 0. The zero-order valence-electron chi connectivity index (χ0n) is 22.0. The van der Waals surface area contributed by atoms with Gasteiger partial charge in [0, 0.05) is 31.6 Å². The Labute approximate surface area is 211 Å². The monoisotopic (exact) mass is 477 g/mol. The van der Waals surface area contributed by atoms with E-state index in [-0.39, 0.29) is 34.6 Å². The van der Waals surface area contributed by atoms with Crippen LogP contribution in [0.4, 0.5) is 0 Å². The number of hydrogen-bond acceptors (Lipinski definition) is 3.